The normalized spacial score (nSPS) is 16.6. The molecule has 1 aliphatic heterocycles. The van der Waals surface area contributed by atoms with E-state index in [2.05, 4.69) is 13.5 Å². The van der Waals surface area contributed by atoms with Gasteiger partial charge in [-0.05, 0) is 62.1 Å². The van der Waals surface area contributed by atoms with Gasteiger partial charge in [-0.15, -0.1) is 6.58 Å². The van der Waals surface area contributed by atoms with Crippen molar-refractivity contribution < 1.29 is 23.7 Å². The van der Waals surface area contributed by atoms with E-state index in [9.17, 15) is 4.79 Å². The van der Waals surface area contributed by atoms with Gasteiger partial charge < -0.3 is 18.9 Å². The molecule has 5 heteroatoms. The topological polar surface area (TPSA) is 54.0 Å². The van der Waals surface area contributed by atoms with Crippen molar-refractivity contribution in [2.24, 2.45) is 5.92 Å². The Balaban J connectivity index is 1.26. The highest BCUT2D eigenvalue weighted by Crippen LogP contribution is 2.29. The van der Waals surface area contributed by atoms with Crippen LogP contribution in [0.3, 0.4) is 0 Å². The first-order chi connectivity index (χ1) is 21.2. The van der Waals surface area contributed by atoms with Crippen molar-refractivity contribution in [3.63, 3.8) is 0 Å². The van der Waals surface area contributed by atoms with E-state index < -0.39 is 0 Å². The number of hydrogen-bond acceptors (Lipinski definition) is 5. The lowest BCUT2D eigenvalue weighted by Gasteiger charge is -2.29. The van der Waals surface area contributed by atoms with Gasteiger partial charge in [0.2, 0.25) is 0 Å². The molecule has 0 aliphatic carbocycles. The first kappa shape index (κ1) is 34.9. The van der Waals surface area contributed by atoms with E-state index in [0.29, 0.717) is 23.8 Å². The number of rotatable bonds is 23. The van der Waals surface area contributed by atoms with Gasteiger partial charge in [-0.1, -0.05) is 109 Å². The van der Waals surface area contributed by atoms with Gasteiger partial charge in [0.25, 0.3) is 0 Å². The molecular formula is C38H56O5. The molecule has 1 fully saturated rings. The Morgan fingerprint density at radius 1 is 0.744 bits per heavy atom. The second-order valence-corrected chi connectivity index (χ2v) is 12.0. The zero-order chi connectivity index (χ0) is 30.4. The van der Waals surface area contributed by atoms with Gasteiger partial charge in [-0.3, -0.25) is 0 Å². The van der Waals surface area contributed by atoms with Gasteiger partial charge in [0.15, 0.2) is 6.29 Å². The number of ether oxygens (including phenoxy) is 4. The molecule has 43 heavy (non-hydrogen) atoms. The molecule has 1 saturated heterocycles. The molecule has 0 atom stereocenters. The van der Waals surface area contributed by atoms with E-state index in [1.54, 1.807) is 24.3 Å². The second kappa shape index (κ2) is 22.0. The summed E-state index contributed by atoms with van der Waals surface area (Å²) < 4.78 is 23.5. The van der Waals surface area contributed by atoms with E-state index >= 15 is 0 Å². The molecule has 238 valence electrons. The van der Waals surface area contributed by atoms with Crippen molar-refractivity contribution in [3.8, 4) is 11.5 Å². The summed E-state index contributed by atoms with van der Waals surface area (Å²) in [6, 6.07) is 14.6. The molecule has 3 rings (SSSR count). The van der Waals surface area contributed by atoms with Crippen LogP contribution in [-0.2, 0) is 9.47 Å². The number of hydrogen-bond donors (Lipinski definition) is 0. The monoisotopic (exact) mass is 592 g/mol. The van der Waals surface area contributed by atoms with Crippen LogP contribution in [0, 0.1) is 5.92 Å². The summed E-state index contributed by atoms with van der Waals surface area (Å²) in [6.45, 7) is 8.19. The fourth-order valence-corrected chi connectivity index (χ4v) is 5.48. The summed E-state index contributed by atoms with van der Waals surface area (Å²) in [4.78, 5) is 12.7. The molecular weight excluding hydrogens is 536 g/mol. The van der Waals surface area contributed by atoms with Crippen LogP contribution in [0.25, 0.3) is 0 Å². The predicted octanol–water partition coefficient (Wildman–Crippen LogP) is 10.8. The molecule has 1 heterocycles. The maximum absolute atomic E-state index is 12.7. The third-order valence-electron chi connectivity index (χ3n) is 8.21. The Bertz CT molecular complexity index is 992. The van der Waals surface area contributed by atoms with Crippen LogP contribution in [-0.4, -0.2) is 25.8 Å². The number of benzene rings is 2. The quantitative estimate of drug-likeness (QED) is 0.0556. The first-order valence-corrected chi connectivity index (χ1v) is 17.1. The predicted molar refractivity (Wildman–Crippen MR) is 176 cm³/mol. The summed E-state index contributed by atoms with van der Waals surface area (Å²) >= 11 is 0. The van der Waals surface area contributed by atoms with Gasteiger partial charge in [0.1, 0.15) is 11.5 Å². The molecule has 0 radical (unpaired) electrons. The standard InChI is InChI=1S/C38H56O5/c1-3-5-7-9-11-12-13-15-17-19-29-40-35-25-21-33(22-26-35)37(39)43-36-27-23-34(24-28-36)38-41-30-32(31-42-38)20-18-16-14-10-8-6-4-2/h3,21-28,32,38H,1,4-20,29-31H2,2H3. The van der Waals surface area contributed by atoms with Crippen LogP contribution in [0.4, 0.5) is 0 Å². The van der Waals surface area contributed by atoms with Crippen LogP contribution < -0.4 is 9.47 Å². The van der Waals surface area contributed by atoms with Crippen molar-refractivity contribution >= 4 is 5.97 Å². The van der Waals surface area contributed by atoms with Gasteiger partial charge >= 0.3 is 5.97 Å². The van der Waals surface area contributed by atoms with E-state index in [1.807, 2.05) is 30.3 Å². The molecule has 2 aromatic carbocycles. The summed E-state index contributed by atoms with van der Waals surface area (Å²) in [5, 5.41) is 0. The zero-order valence-corrected chi connectivity index (χ0v) is 26.7. The summed E-state index contributed by atoms with van der Waals surface area (Å²) in [5.74, 6) is 1.36. The lowest BCUT2D eigenvalue weighted by atomic mass is 10.0. The third-order valence-corrected chi connectivity index (χ3v) is 8.21. The average Bonchev–Trinajstić information content (AvgIpc) is 3.04. The summed E-state index contributed by atoms with van der Waals surface area (Å²) in [7, 11) is 0. The van der Waals surface area contributed by atoms with Gasteiger partial charge in [0.05, 0.1) is 25.4 Å². The van der Waals surface area contributed by atoms with Crippen molar-refractivity contribution in [3.05, 3.63) is 72.3 Å². The maximum atomic E-state index is 12.7. The van der Waals surface area contributed by atoms with Crippen molar-refractivity contribution in [2.45, 2.75) is 122 Å². The number of carbonyl (C=O) groups is 1. The highest BCUT2D eigenvalue weighted by molar-refractivity contribution is 5.91. The molecule has 0 bridgehead atoms. The molecule has 1 aliphatic rings. The number of esters is 1. The summed E-state index contributed by atoms with van der Waals surface area (Å²) in [6.07, 6.45) is 23.3. The Kier molecular flexibility index (Phi) is 17.8. The molecule has 5 nitrogen and oxygen atoms in total. The van der Waals surface area contributed by atoms with Crippen LogP contribution in [0.15, 0.2) is 61.2 Å². The van der Waals surface area contributed by atoms with E-state index in [0.717, 1.165) is 37.4 Å². The first-order valence-electron chi connectivity index (χ1n) is 17.1. The minimum Gasteiger partial charge on any atom is -0.494 e. The maximum Gasteiger partial charge on any atom is 0.343 e. The summed E-state index contributed by atoms with van der Waals surface area (Å²) in [5.41, 5.74) is 1.44. The molecule has 0 spiro atoms. The fourth-order valence-electron chi connectivity index (χ4n) is 5.48. The average molecular weight is 593 g/mol. The van der Waals surface area contributed by atoms with Gasteiger partial charge in [-0.2, -0.15) is 0 Å². The Labute approximate surface area is 261 Å². The Morgan fingerprint density at radius 3 is 1.93 bits per heavy atom. The Hall–Kier alpha value is -2.63. The van der Waals surface area contributed by atoms with Crippen molar-refractivity contribution in [2.75, 3.05) is 19.8 Å². The van der Waals surface area contributed by atoms with E-state index in [1.165, 1.54) is 96.3 Å². The van der Waals surface area contributed by atoms with Crippen LogP contribution in [0.5, 0.6) is 11.5 Å². The Morgan fingerprint density at radius 2 is 1.30 bits per heavy atom. The molecule has 0 unspecified atom stereocenters. The molecule has 2 aromatic rings. The lowest BCUT2D eigenvalue weighted by Crippen LogP contribution is -2.27. The van der Waals surface area contributed by atoms with E-state index in [-0.39, 0.29) is 12.3 Å². The van der Waals surface area contributed by atoms with Gasteiger partial charge in [-0.25, -0.2) is 4.79 Å². The van der Waals surface area contributed by atoms with E-state index in [4.69, 9.17) is 18.9 Å². The van der Waals surface area contributed by atoms with Crippen LogP contribution in [0.1, 0.15) is 138 Å². The fraction of sp³-hybridized carbons (Fsp3) is 0.605. The molecule has 0 N–H and O–H groups in total. The van der Waals surface area contributed by atoms with Crippen LogP contribution in [0.2, 0.25) is 0 Å². The number of unbranched alkanes of at least 4 members (excludes halogenated alkanes) is 14. The molecule has 0 amide bonds. The van der Waals surface area contributed by atoms with Crippen molar-refractivity contribution in [1.82, 2.24) is 0 Å². The largest absolute Gasteiger partial charge is 0.494 e. The lowest BCUT2D eigenvalue weighted by molar-refractivity contribution is -0.206. The third kappa shape index (κ3) is 14.6. The molecule has 0 aromatic heterocycles. The second-order valence-electron chi connectivity index (χ2n) is 12.0. The highest BCUT2D eigenvalue weighted by Gasteiger charge is 2.23. The minimum absolute atomic E-state index is 0.361. The smallest absolute Gasteiger partial charge is 0.343 e. The minimum atomic E-state index is -0.387. The molecule has 0 saturated carbocycles. The number of allylic oxidation sites excluding steroid dienone is 1. The number of carbonyl (C=O) groups excluding carboxylic acids is 1. The zero-order valence-electron chi connectivity index (χ0n) is 26.7. The van der Waals surface area contributed by atoms with Crippen molar-refractivity contribution in [1.29, 1.82) is 0 Å². The van der Waals surface area contributed by atoms with Gasteiger partial charge in [0, 0.05) is 11.5 Å². The SMILES string of the molecule is C=CCCCCCCCCCCOc1ccc(C(=O)Oc2ccc(C3OCC(CCCCCCCCC)CO3)cc2)cc1. The van der Waals surface area contributed by atoms with Crippen LogP contribution >= 0.6 is 0 Å². The highest BCUT2D eigenvalue weighted by atomic mass is 16.7.